The number of thiazole rings is 1. The van der Waals surface area contributed by atoms with E-state index in [-0.39, 0.29) is 34.9 Å². The predicted molar refractivity (Wildman–Crippen MR) is 99.3 cm³/mol. The summed E-state index contributed by atoms with van der Waals surface area (Å²) in [6, 6.07) is 0. The van der Waals surface area contributed by atoms with Crippen molar-refractivity contribution >= 4 is 41.3 Å². The van der Waals surface area contributed by atoms with Crippen LogP contribution in [0.15, 0.2) is 10.4 Å². The van der Waals surface area contributed by atoms with Gasteiger partial charge in [-0.15, -0.1) is 35.3 Å². The lowest BCUT2D eigenvalue weighted by Gasteiger charge is -2.20. The van der Waals surface area contributed by atoms with E-state index >= 15 is 0 Å². The zero-order valence-electron chi connectivity index (χ0n) is 13.3. The molecule has 0 bridgehead atoms. The summed E-state index contributed by atoms with van der Waals surface area (Å²) in [5, 5.41) is 6.40. The molecule has 0 atom stereocenters. The Bertz CT molecular complexity index is 441. The molecule has 0 aliphatic carbocycles. The van der Waals surface area contributed by atoms with E-state index in [1.807, 2.05) is 0 Å². The van der Waals surface area contributed by atoms with E-state index in [0.717, 1.165) is 17.1 Å². The van der Waals surface area contributed by atoms with Crippen LogP contribution in [-0.2, 0) is 11.8 Å². The molecule has 20 heavy (non-hydrogen) atoms. The molecular weight excluding hydrogens is 383 g/mol. The van der Waals surface area contributed by atoms with Gasteiger partial charge < -0.3 is 11.1 Å². The second-order valence-corrected chi connectivity index (χ2v) is 7.71. The third kappa shape index (κ3) is 7.42. The number of nitrogens with two attached hydrogens (primary N) is 1. The molecule has 3 N–H and O–H groups in total. The molecule has 6 heteroatoms. The van der Waals surface area contributed by atoms with Crippen molar-refractivity contribution in [3.63, 3.8) is 0 Å². The Morgan fingerprint density at radius 3 is 2.35 bits per heavy atom. The van der Waals surface area contributed by atoms with Crippen LogP contribution in [0, 0.1) is 0 Å². The summed E-state index contributed by atoms with van der Waals surface area (Å²) in [6.45, 7) is 13.4. The van der Waals surface area contributed by atoms with E-state index in [9.17, 15) is 0 Å². The first kappa shape index (κ1) is 19.6. The lowest BCUT2D eigenvalue weighted by atomic mass is 9.93. The number of guanidine groups is 1. The summed E-state index contributed by atoms with van der Waals surface area (Å²) in [6.07, 6.45) is 0.841. The number of aromatic nitrogens is 1. The number of nitrogens with one attached hydrogen (secondary N) is 1. The van der Waals surface area contributed by atoms with E-state index in [1.165, 1.54) is 0 Å². The van der Waals surface area contributed by atoms with Crippen LogP contribution in [0.2, 0.25) is 0 Å². The van der Waals surface area contributed by atoms with E-state index < -0.39 is 0 Å². The molecule has 0 amide bonds. The van der Waals surface area contributed by atoms with Gasteiger partial charge in [-0.2, -0.15) is 0 Å². The van der Waals surface area contributed by atoms with Gasteiger partial charge in [0.2, 0.25) is 0 Å². The van der Waals surface area contributed by atoms with Crippen LogP contribution < -0.4 is 11.1 Å². The maximum absolute atomic E-state index is 5.82. The van der Waals surface area contributed by atoms with Crippen molar-refractivity contribution in [2.45, 2.75) is 58.9 Å². The molecule has 1 aromatic rings. The number of rotatable bonds is 3. The van der Waals surface area contributed by atoms with Gasteiger partial charge in [-0.05, 0) is 20.8 Å². The number of hydrogen-bond acceptors (Lipinski definition) is 3. The molecule has 116 valence electrons. The van der Waals surface area contributed by atoms with Crippen molar-refractivity contribution in [3.05, 3.63) is 16.1 Å². The first-order valence-corrected chi connectivity index (χ1v) is 7.49. The highest BCUT2D eigenvalue weighted by molar-refractivity contribution is 14.0. The van der Waals surface area contributed by atoms with Crippen molar-refractivity contribution in [1.29, 1.82) is 0 Å². The van der Waals surface area contributed by atoms with Gasteiger partial charge in [0.25, 0.3) is 0 Å². The van der Waals surface area contributed by atoms with E-state index in [4.69, 9.17) is 5.73 Å². The average molecular weight is 410 g/mol. The van der Waals surface area contributed by atoms with Gasteiger partial charge in [-0.1, -0.05) is 20.8 Å². The molecule has 0 fully saturated rings. The quantitative estimate of drug-likeness (QED) is 0.457. The SMILES string of the molecule is CC(C)(C)NC(N)=NCCc1nc(C(C)(C)C)cs1.I. The molecule has 0 spiro atoms. The van der Waals surface area contributed by atoms with Gasteiger partial charge >= 0.3 is 0 Å². The minimum atomic E-state index is -0.0475. The van der Waals surface area contributed by atoms with Gasteiger partial charge in [0, 0.05) is 29.3 Å². The summed E-state index contributed by atoms with van der Waals surface area (Å²) in [7, 11) is 0. The first-order valence-electron chi connectivity index (χ1n) is 6.61. The maximum Gasteiger partial charge on any atom is 0.188 e. The molecule has 0 aliphatic rings. The summed E-state index contributed by atoms with van der Waals surface area (Å²) >= 11 is 1.70. The Morgan fingerprint density at radius 2 is 1.90 bits per heavy atom. The highest BCUT2D eigenvalue weighted by atomic mass is 127. The van der Waals surface area contributed by atoms with Crippen molar-refractivity contribution in [3.8, 4) is 0 Å². The third-order valence-electron chi connectivity index (χ3n) is 2.43. The van der Waals surface area contributed by atoms with Gasteiger partial charge in [0.05, 0.1) is 10.7 Å². The van der Waals surface area contributed by atoms with Crippen LogP contribution in [0.4, 0.5) is 0 Å². The van der Waals surface area contributed by atoms with Crippen LogP contribution in [-0.4, -0.2) is 23.0 Å². The molecule has 1 aromatic heterocycles. The molecule has 0 aliphatic heterocycles. The van der Waals surface area contributed by atoms with Crippen LogP contribution in [0.3, 0.4) is 0 Å². The van der Waals surface area contributed by atoms with Crippen molar-refractivity contribution in [1.82, 2.24) is 10.3 Å². The summed E-state index contributed by atoms with van der Waals surface area (Å²) in [5.41, 5.74) is 7.04. The second kappa shape index (κ2) is 7.59. The Kier molecular flexibility index (Phi) is 7.44. The lowest BCUT2D eigenvalue weighted by molar-refractivity contribution is 0.508. The smallest absolute Gasteiger partial charge is 0.188 e. The molecule has 0 saturated carbocycles. The second-order valence-electron chi connectivity index (χ2n) is 6.77. The van der Waals surface area contributed by atoms with Gasteiger partial charge in [-0.25, -0.2) is 4.98 Å². The summed E-state index contributed by atoms with van der Waals surface area (Å²) in [5.74, 6) is 0.500. The molecule has 4 nitrogen and oxygen atoms in total. The normalized spacial score (nSPS) is 13.0. The van der Waals surface area contributed by atoms with Crippen LogP contribution in [0.1, 0.15) is 52.2 Å². The number of hydrogen-bond donors (Lipinski definition) is 2. The third-order valence-corrected chi connectivity index (χ3v) is 3.34. The summed E-state index contributed by atoms with van der Waals surface area (Å²) < 4.78 is 0. The zero-order chi connectivity index (χ0) is 14.7. The molecule has 0 saturated heterocycles. The Balaban J connectivity index is 0.00000361. The lowest BCUT2D eigenvalue weighted by Crippen LogP contribution is -2.45. The Morgan fingerprint density at radius 1 is 1.30 bits per heavy atom. The molecule has 1 rings (SSSR count). The average Bonchev–Trinajstić information content (AvgIpc) is 2.62. The van der Waals surface area contributed by atoms with Crippen LogP contribution in [0.25, 0.3) is 0 Å². The minimum Gasteiger partial charge on any atom is -0.370 e. The van der Waals surface area contributed by atoms with Crippen molar-refractivity contribution in [2.24, 2.45) is 10.7 Å². The zero-order valence-corrected chi connectivity index (χ0v) is 16.4. The minimum absolute atomic E-state index is 0. The Hall–Kier alpha value is -0.370. The van der Waals surface area contributed by atoms with Crippen LogP contribution >= 0.6 is 35.3 Å². The molecule has 0 radical (unpaired) electrons. The summed E-state index contributed by atoms with van der Waals surface area (Å²) in [4.78, 5) is 8.97. The fourth-order valence-corrected chi connectivity index (χ4v) is 2.48. The predicted octanol–water partition coefficient (Wildman–Crippen LogP) is 3.30. The highest BCUT2D eigenvalue weighted by Crippen LogP contribution is 2.23. The van der Waals surface area contributed by atoms with Gasteiger partial charge in [0.1, 0.15) is 0 Å². The first-order chi connectivity index (χ1) is 8.58. The maximum atomic E-state index is 5.82. The van der Waals surface area contributed by atoms with Crippen molar-refractivity contribution < 1.29 is 0 Å². The topological polar surface area (TPSA) is 63.3 Å². The number of aliphatic imine (C=N–C) groups is 1. The molecule has 1 heterocycles. The Labute approximate surface area is 143 Å². The van der Waals surface area contributed by atoms with Gasteiger partial charge in [0.15, 0.2) is 5.96 Å². The fraction of sp³-hybridized carbons (Fsp3) is 0.714. The molecule has 0 unspecified atom stereocenters. The van der Waals surface area contributed by atoms with E-state index in [2.05, 4.69) is 62.2 Å². The van der Waals surface area contributed by atoms with E-state index in [0.29, 0.717) is 12.5 Å². The fourth-order valence-electron chi connectivity index (χ4n) is 1.47. The number of nitrogens with zero attached hydrogens (tertiary/aromatic N) is 2. The van der Waals surface area contributed by atoms with Gasteiger partial charge in [-0.3, -0.25) is 4.99 Å². The monoisotopic (exact) mass is 410 g/mol. The standard InChI is InChI=1S/C14H26N4S.HI/c1-13(2,3)10-9-19-11(17-10)7-8-16-12(15)18-14(4,5)6;/h9H,7-8H2,1-6H3,(H3,15,16,18);1H. The number of halogens is 1. The van der Waals surface area contributed by atoms with Crippen LogP contribution in [0.5, 0.6) is 0 Å². The largest absolute Gasteiger partial charge is 0.370 e. The highest BCUT2D eigenvalue weighted by Gasteiger charge is 2.17. The van der Waals surface area contributed by atoms with E-state index in [1.54, 1.807) is 11.3 Å². The molecular formula is C14H27IN4S. The van der Waals surface area contributed by atoms with Crippen molar-refractivity contribution in [2.75, 3.05) is 6.54 Å². The molecule has 0 aromatic carbocycles.